The molecule has 0 heterocycles. The molecule has 0 amide bonds. The number of alkyl halides is 2. The van der Waals surface area contributed by atoms with Crippen LogP contribution in [0, 0.1) is 17.6 Å². The quantitative estimate of drug-likeness (QED) is 0.538. The molecule has 0 aromatic heterocycles. The molecule has 148 valence electrons. The van der Waals surface area contributed by atoms with Crippen molar-refractivity contribution in [2.75, 3.05) is 7.11 Å². The average molecular weight is 384 g/mol. The van der Waals surface area contributed by atoms with Crippen LogP contribution in [-0.4, -0.2) is 7.11 Å². The maximum absolute atomic E-state index is 14.4. The molecule has 2 aromatic carbocycles. The molecule has 0 saturated heterocycles. The number of hydrogen-bond acceptors (Lipinski definition) is 2. The van der Waals surface area contributed by atoms with Crippen LogP contribution in [0.4, 0.5) is 17.6 Å². The van der Waals surface area contributed by atoms with Crippen LogP contribution in [-0.2, 0) is 6.11 Å². The van der Waals surface area contributed by atoms with Gasteiger partial charge in [-0.2, -0.15) is 17.6 Å². The van der Waals surface area contributed by atoms with E-state index in [1.807, 2.05) is 0 Å². The van der Waals surface area contributed by atoms with Gasteiger partial charge in [0.15, 0.2) is 11.5 Å². The van der Waals surface area contributed by atoms with Gasteiger partial charge in [-0.3, -0.25) is 0 Å². The van der Waals surface area contributed by atoms with E-state index in [9.17, 15) is 17.6 Å². The van der Waals surface area contributed by atoms with Gasteiger partial charge in [-0.1, -0.05) is 31.9 Å². The van der Waals surface area contributed by atoms with Crippen LogP contribution in [0.1, 0.15) is 51.1 Å². The molecule has 0 aliphatic heterocycles. The number of benzene rings is 2. The zero-order valence-corrected chi connectivity index (χ0v) is 15.3. The zero-order chi connectivity index (χ0) is 19.6. The molecule has 0 N–H and O–H groups in total. The van der Waals surface area contributed by atoms with E-state index in [2.05, 4.69) is 16.4 Å². The second-order valence-corrected chi connectivity index (χ2v) is 7.09. The molecule has 1 saturated carbocycles. The molecule has 0 atom stereocenters. The molecular weight excluding hydrogens is 360 g/mol. The number of halogens is 4. The van der Waals surface area contributed by atoms with Crippen molar-refractivity contribution in [3.05, 3.63) is 59.2 Å². The lowest BCUT2D eigenvalue weighted by Gasteiger charge is -2.27. The minimum atomic E-state index is -3.79. The van der Waals surface area contributed by atoms with E-state index in [0.29, 0.717) is 11.8 Å². The first-order valence-electron chi connectivity index (χ1n) is 9.01. The molecule has 27 heavy (non-hydrogen) atoms. The summed E-state index contributed by atoms with van der Waals surface area (Å²) in [5.74, 6) is -3.05. The summed E-state index contributed by atoms with van der Waals surface area (Å²) in [5, 5.41) is 0. The fraction of sp³-hybridized carbons (Fsp3) is 0.429. The van der Waals surface area contributed by atoms with E-state index in [-0.39, 0.29) is 7.18 Å². The number of ether oxygens (including phenoxy) is 2. The van der Waals surface area contributed by atoms with E-state index >= 15 is 0 Å². The number of rotatable bonds is 5. The maximum Gasteiger partial charge on any atom is 0.426 e. The van der Waals surface area contributed by atoms with Gasteiger partial charge in [0.05, 0.1) is 12.7 Å². The van der Waals surface area contributed by atoms with Gasteiger partial charge in [-0.05, 0) is 54.5 Å². The Hall–Kier alpha value is -2.24. The lowest BCUT2D eigenvalue weighted by atomic mass is 9.79. The van der Waals surface area contributed by atoms with Gasteiger partial charge in [0.25, 0.3) is 0 Å². The highest BCUT2D eigenvalue weighted by Crippen LogP contribution is 2.38. The Morgan fingerprint density at radius 2 is 1.44 bits per heavy atom. The number of hydrogen-bond donors (Lipinski definition) is 0. The summed E-state index contributed by atoms with van der Waals surface area (Å²) in [5.41, 5.74) is 0.606. The Bertz CT molecular complexity index is 788. The summed E-state index contributed by atoms with van der Waals surface area (Å²) in [4.78, 5) is 0. The van der Waals surface area contributed by atoms with Gasteiger partial charge in [-0.15, -0.1) is 0 Å². The molecule has 2 nitrogen and oxygen atoms in total. The highest BCUT2D eigenvalue weighted by atomic mass is 19.3. The first-order chi connectivity index (χ1) is 12.8. The molecule has 2 aromatic rings. The summed E-state index contributed by atoms with van der Waals surface area (Å²) in [6, 6.07) is 7.85. The van der Waals surface area contributed by atoms with Crippen molar-refractivity contribution in [1.29, 1.82) is 0 Å². The Labute approximate surface area is 157 Å². The molecule has 1 aliphatic carbocycles. The van der Waals surface area contributed by atoms with Gasteiger partial charge in [-0.25, -0.2) is 0 Å². The molecule has 0 spiro atoms. The van der Waals surface area contributed by atoms with E-state index < -0.39 is 29.1 Å². The Balaban J connectivity index is 0.00000280. The summed E-state index contributed by atoms with van der Waals surface area (Å²) < 4.78 is 65.6. The average Bonchev–Trinajstić information content (AvgIpc) is 2.66. The molecule has 0 bridgehead atoms. The number of methoxy groups -OCH3 is 1. The Morgan fingerprint density at radius 1 is 0.889 bits per heavy atom. The topological polar surface area (TPSA) is 18.5 Å². The van der Waals surface area contributed by atoms with Crippen molar-refractivity contribution >= 4 is 0 Å². The molecule has 1 aliphatic rings. The summed E-state index contributed by atoms with van der Waals surface area (Å²) in [7, 11) is 1.15. The van der Waals surface area contributed by atoms with Crippen LogP contribution in [0.15, 0.2) is 36.4 Å². The zero-order valence-electron chi connectivity index (χ0n) is 15.3. The minimum Gasteiger partial charge on any atom is -0.494 e. The first kappa shape index (κ1) is 19.5. The molecule has 0 unspecified atom stereocenters. The second kappa shape index (κ2) is 7.79. The van der Waals surface area contributed by atoms with Crippen molar-refractivity contribution < 1.29 is 28.5 Å². The smallest absolute Gasteiger partial charge is 0.426 e. The van der Waals surface area contributed by atoms with Crippen molar-refractivity contribution in [3.63, 3.8) is 0 Å². The van der Waals surface area contributed by atoms with Gasteiger partial charge in [0, 0.05) is 1.43 Å². The minimum absolute atomic E-state index is 0. The molecule has 6 heteroatoms. The third-order valence-electron chi connectivity index (χ3n) is 5.20. The SMILES string of the molecule is COc1ccc(OC(F)(F)c2ccc(C3CCC(C)CC3)cc2)c(F)c1F.[HH]. The third-order valence-corrected chi connectivity index (χ3v) is 5.20. The van der Waals surface area contributed by atoms with Crippen molar-refractivity contribution in [2.24, 2.45) is 5.92 Å². The highest BCUT2D eigenvalue weighted by molar-refractivity contribution is 5.36. The summed E-state index contributed by atoms with van der Waals surface area (Å²) in [6.45, 7) is 2.22. The van der Waals surface area contributed by atoms with E-state index in [1.165, 1.54) is 12.1 Å². The van der Waals surface area contributed by atoms with E-state index in [0.717, 1.165) is 50.5 Å². The predicted octanol–water partition coefficient (Wildman–Crippen LogP) is 6.64. The van der Waals surface area contributed by atoms with E-state index in [1.54, 1.807) is 12.1 Å². The molecule has 0 radical (unpaired) electrons. The fourth-order valence-corrected chi connectivity index (χ4v) is 3.49. The van der Waals surface area contributed by atoms with E-state index in [4.69, 9.17) is 0 Å². The lowest BCUT2D eigenvalue weighted by molar-refractivity contribution is -0.187. The molecular formula is C21H24F4O2. The van der Waals surface area contributed by atoms with Gasteiger partial charge < -0.3 is 9.47 Å². The normalized spacial score (nSPS) is 20.4. The van der Waals surface area contributed by atoms with Gasteiger partial charge in [0.1, 0.15) is 0 Å². The Kier molecular flexibility index (Phi) is 5.63. The standard InChI is InChI=1S/C21H22F4O2.H2/c1-13-3-5-14(6-4-13)15-7-9-16(10-8-15)21(24,25)27-18-12-11-17(26-2)19(22)20(18)23;/h7-14H,3-6H2,1-2H3;1H. The highest BCUT2D eigenvalue weighted by Gasteiger charge is 2.36. The van der Waals surface area contributed by atoms with Crippen LogP contribution >= 0.6 is 0 Å². The fourth-order valence-electron chi connectivity index (χ4n) is 3.49. The van der Waals surface area contributed by atoms with Crippen LogP contribution in [0.2, 0.25) is 0 Å². The second-order valence-electron chi connectivity index (χ2n) is 7.09. The van der Waals surface area contributed by atoms with Crippen LogP contribution in [0.3, 0.4) is 0 Å². The third kappa shape index (κ3) is 4.20. The predicted molar refractivity (Wildman–Crippen MR) is 96.4 cm³/mol. The van der Waals surface area contributed by atoms with Crippen molar-refractivity contribution in [2.45, 2.75) is 44.6 Å². The van der Waals surface area contributed by atoms with Crippen LogP contribution in [0.25, 0.3) is 0 Å². The van der Waals surface area contributed by atoms with Crippen molar-refractivity contribution in [3.8, 4) is 11.5 Å². The molecule has 1 fully saturated rings. The monoisotopic (exact) mass is 384 g/mol. The summed E-state index contributed by atoms with van der Waals surface area (Å²) >= 11 is 0. The maximum atomic E-state index is 14.4. The van der Waals surface area contributed by atoms with Crippen LogP contribution < -0.4 is 9.47 Å². The van der Waals surface area contributed by atoms with Crippen LogP contribution in [0.5, 0.6) is 11.5 Å². The summed E-state index contributed by atoms with van der Waals surface area (Å²) in [6.07, 6.45) is 0.566. The first-order valence-corrected chi connectivity index (χ1v) is 9.01. The Morgan fingerprint density at radius 3 is 2.04 bits per heavy atom. The molecule has 3 rings (SSSR count). The van der Waals surface area contributed by atoms with Gasteiger partial charge >= 0.3 is 6.11 Å². The lowest BCUT2D eigenvalue weighted by Crippen LogP contribution is -2.23. The van der Waals surface area contributed by atoms with Gasteiger partial charge in [0.2, 0.25) is 11.6 Å². The largest absolute Gasteiger partial charge is 0.494 e. The van der Waals surface area contributed by atoms with Crippen molar-refractivity contribution in [1.82, 2.24) is 0 Å².